The Bertz CT molecular complexity index is 114. The molecule has 1 nitrogen and oxygen atoms in total. The smallest absolute Gasteiger partial charge is 0.136 e. The van der Waals surface area contributed by atoms with Crippen molar-refractivity contribution >= 4 is 5.78 Å². The molecule has 0 fully saturated rings. The number of carbonyl (C=O) groups is 1. The first-order chi connectivity index (χ1) is 4.09. The Balaban J connectivity index is 3.98. The van der Waals surface area contributed by atoms with Gasteiger partial charge >= 0.3 is 0 Å². The lowest BCUT2D eigenvalue weighted by Crippen LogP contribution is -2.13. The second-order valence-electron chi connectivity index (χ2n) is 2.62. The van der Waals surface area contributed by atoms with E-state index in [0.717, 1.165) is 0 Å². The predicted octanol–water partition coefficient (Wildman–Crippen LogP) is 2.03. The van der Waals surface area contributed by atoms with Gasteiger partial charge in [0.2, 0.25) is 0 Å². The maximum atomic E-state index is 10.7. The summed E-state index contributed by atoms with van der Waals surface area (Å²) in [6.07, 6.45) is 1.72. The van der Waals surface area contributed by atoms with Crippen molar-refractivity contribution in [2.75, 3.05) is 0 Å². The molecule has 0 rings (SSSR count). The maximum absolute atomic E-state index is 10.7. The minimum Gasteiger partial charge on any atom is -0.299 e. The first-order valence-corrected chi connectivity index (χ1v) is 3.22. The highest BCUT2D eigenvalue weighted by Crippen LogP contribution is 2.11. The third-order valence-corrected chi connectivity index (χ3v) is 1.44. The molecule has 0 aliphatic rings. The SMILES string of the molecule is C=CC(C(C)=O)C(C)C. The Morgan fingerprint density at radius 1 is 1.56 bits per heavy atom. The van der Waals surface area contributed by atoms with Crippen LogP contribution in [0.5, 0.6) is 0 Å². The van der Waals surface area contributed by atoms with E-state index < -0.39 is 0 Å². The summed E-state index contributed by atoms with van der Waals surface area (Å²) < 4.78 is 0. The van der Waals surface area contributed by atoms with Gasteiger partial charge in [0.15, 0.2) is 0 Å². The third-order valence-electron chi connectivity index (χ3n) is 1.44. The molecule has 0 aromatic carbocycles. The Hall–Kier alpha value is -0.590. The van der Waals surface area contributed by atoms with Crippen LogP contribution in [-0.2, 0) is 4.79 Å². The minimum atomic E-state index is 0.0463. The van der Waals surface area contributed by atoms with Crippen molar-refractivity contribution in [3.8, 4) is 0 Å². The van der Waals surface area contributed by atoms with Gasteiger partial charge in [-0.1, -0.05) is 19.9 Å². The van der Waals surface area contributed by atoms with Gasteiger partial charge in [-0.15, -0.1) is 6.58 Å². The summed E-state index contributed by atoms with van der Waals surface area (Å²) in [6, 6.07) is 0. The van der Waals surface area contributed by atoms with Gasteiger partial charge in [-0.3, -0.25) is 4.79 Å². The van der Waals surface area contributed by atoms with Gasteiger partial charge in [0.05, 0.1) is 0 Å². The maximum Gasteiger partial charge on any atom is 0.136 e. The van der Waals surface area contributed by atoms with Crippen LogP contribution in [0.4, 0.5) is 0 Å². The fourth-order valence-corrected chi connectivity index (χ4v) is 0.908. The zero-order valence-corrected chi connectivity index (χ0v) is 6.35. The molecule has 0 aliphatic carbocycles. The molecule has 0 saturated carbocycles. The predicted molar refractivity (Wildman–Crippen MR) is 39.2 cm³/mol. The molecule has 0 bridgehead atoms. The molecule has 0 aromatic heterocycles. The van der Waals surface area contributed by atoms with E-state index in [2.05, 4.69) is 6.58 Å². The summed E-state index contributed by atoms with van der Waals surface area (Å²) >= 11 is 0. The number of hydrogen-bond acceptors (Lipinski definition) is 1. The Labute approximate surface area is 56.8 Å². The van der Waals surface area contributed by atoms with E-state index in [1.54, 1.807) is 13.0 Å². The fraction of sp³-hybridized carbons (Fsp3) is 0.625. The molecule has 1 atom stereocenters. The van der Waals surface area contributed by atoms with Gasteiger partial charge in [-0.25, -0.2) is 0 Å². The molecule has 0 radical (unpaired) electrons. The van der Waals surface area contributed by atoms with Crippen molar-refractivity contribution in [1.29, 1.82) is 0 Å². The molecule has 1 unspecified atom stereocenters. The molecule has 0 N–H and O–H groups in total. The topological polar surface area (TPSA) is 17.1 Å². The Kier molecular flexibility index (Phi) is 3.21. The van der Waals surface area contributed by atoms with E-state index in [9.17, 15) is 4.79 Å². The number of rotatable bonds is 3. The highest BCUT2D eigenvalue weighted by atomic mass is 16.1. The van der Waals surface area contributed by atoms with Crippen molar-refractivity contribution < 1.29 is 4.79 Å². The Morgan fingerprint density at radius 2 is 2.00 bits per heavy atom. The van der Waals surface area contributed by atoms with Gasteiger partial charge < -0.3 is 0 Å². The summed E-state index contributed by atoms with van der Waals surface area (Å²) in [6.45, 7) is 9.23. The molecule has 0 aliphatic heterocycles. The van der Waals surface area contributed by atoms with Crippen LogP contribution in [0.1, 0.15) is 20.8 Å². The largest absolute Gasteiger partial charge is 0.299 e. The quantitative estimate of drug-likeness (QED) is 0.529. The van der Waals surface area contributed by atoms with Crippen LogP contribution in [0.3, 0.4) is 0 Å². The van der Waals surface area contributed by atoms with Gasteiger partial charge in [0, 0.05) is 5.92 Å². The zero-order chi connectivity index (χ0) is 7.44. The van der Waals surface area contributed by atoms with Crippen LogP contribution in [0.25, 0.3) is 0 Å². The molecule has 0 saturated heterocycles. The molecule has 0 aromatic rings. The van der Waals surface area contributed by atoms with Crippen molar-refractivity contribution in [2.45, 2.75) is 20.8 Å². The van der Waals surface area contributed by atoms with E-state index in [0.29, 0.717) is 5.92 Å². The lowest BCUT2D eigenvalue weighted by Gasteiger charge is -2.11. The summed E-state index contributed by atoms with van der Waals surface area (Å²) in [4.78, 5) is 10.7. The average molecular weight is 126 g/mol. The molecule has 0 heterocycles. The van der Waals surface area contributed by atoms with Crippen molar-refractivity contribution in [2.24, 2.45) is 11.8 Å². The first kappa shape index (κ1) is 8.41. The van der Waals surface area contributed by atoms with Gasteiger partial charge in [0.25, 0.3) is 0 Å². The van der Waals surface area contributed by atoms with Crippen molar-refractivity contribution in [3.63, 3.8) is 0 Å². The normalized spacial score (nSPS) is 13.3. The monoisotopic (exact) mass is 126 g/mol. The third kappa shape index (κ3) is 2.45. The van der Waals surface area contributed by atoms with Crippen LogP contribution in [-0.4, -0.2) is 5.78 Å². The lowest BCUT2D eigenvalue weighted by molar-refractivity contribution is -0.120. The molecule has 0 spiro atoms. The first-order valence-electron chi connectivity index (χ1n) is 3.22. The fourth-order valence-electron chi connectivity index (χ4n) is 0.908. The molecule has 9 heavy (non-hydrogen) atoms. The van der Waals surface area contributed by atoms with E-state index in [-0.39, 0.29) is 11.7 Å². The minimum absolute atomic E-state index is 0.0463. The van der Waals surface area contributed by atoms with E-state index in [1.807, 2.05) is 13.8 Å². The molecule has 1 heteroatoms. The van der Waals surface area contributed by atoms with Gasteiger partial charge in [-0.05, 0) is 12.8 Å². The van der Waals surface area contributed by atoms with Crippen LogP contribution in [0.2, 0.25) is 0 Å². The number of Topliss-reactive ketones (excluding diaryl/α,β-unsaturated/α-hetero) is 1. The number of hydrogen-bond donors (Lipinski definition) is 0. The summed E-state index contributed by atoms with van der Waals surface area (Å²) in [7, 11) is 0. The Morgan fingerprint density at radius 3 is 2.00 bits per heavy atom. The second-order valence-corrected chi connectivity index (χ2v) is 2.62. The molecule has 52 valence electrons. The second kappa shape index (κ2) is 3.44. The van der Waals surface area contributed by atoms with Crippen LogP contribution < -0.4 is 0 Å². The standard InChI is InChI=1S/C8H14O/c1-5-8(6(2)3)7(4)9/h5-6,8H,1H2,2-4H3. The number of allylic oxidation sites excluding steroid dienone is 1. The van der Waals surface area contributed by atoms with Crippen LogP contribution in [0, 0.1) is 11.8 Å². The zero-order valence-electron chi connectivity index (χ0n) is 6.35. The average Bonchev–Trinajstić information content (AvgIpc) is 1.64. The van der Waals surface area contributed by atoms with E-state index >= 15 is 0 Å². The van der Waals surface area contributed by atoms with E-state index in [4.69, 9.17) is 0 Å². The van der Waals surface area contributed by atoms with E-state index in [1.165, 1.54) is 0 Å². The van der Waals surface area contributed by atoms with Crippen molar-refractivity contribution in [3.05, 3.63) is 12.7 Å². The summed E-state index contributed by atoms with van der Waals surface area (Å²) in [5, 5.41) is 0. The van der Waals surface area contributed by atoms with Crippen LogP contribution >= 0.6 is 0 Å². The number of ketones is 1. The summed E-state index contributed by atoms with van der Waals surface area (Å²) in [5.74, 6) is 0.644. The highest BCUT2D eigenvalue weighted by Gasteiger charge is 2.12. The molecular formula is C8H14O. The van der Waals surface area contributed by atoms with Gasteiger partial charge in [-0.2, -0.15) is 0 Å². The summed E-state index contributed by atoms with van der Waals surface area (Å²) in [5.41, 5.74) is 0. The van der Waals surface area contributed by atoms with Crippen molar-refractivity contribution in [1.82, 2.24) is 0 Å². The lowest BCUT2D eigenvalue weighted by atomic mass is 9.93. The number of carbonyl (C=O) groups excluding carboxylic acids is 1. The highest BCUT2D eigenvalue weighted by molar-refractivity contribution is 5.80. The molecule has 0 amide bonds. The molecular weight excluding hydrogens is 112 g/mol. The van der Waals surface area contributed by atoms with Gasteiger partial charge in [0.1, 0.15) is 5.78 Å². The van der Waals surface area contributed by atoms with Crippen LogP contribution in [0.15, 0.2) is 12.7 Å².